The number of hydrogen-bond donors (Lipinski definition) is 1. The number of alkyl halides is 3. The first kappa shape index (κ1) is 15.3. The third kappa shape index (κ3) is 2.97. The minimum absolute atomic E-state index is 0.0793. The lowest BCUT2D eigenvalue weighted by Crippen LogP contribution is -2.21. The van der Waals surface area contributed by atoms with E-state index in [-0.39, 0.29) is 23.3 Å². The van der Waals surface area contributed by atoms with E-state index in [9.17, 15) is 22.8 Å². The predicted molar refractivity (Wildman–Crippen MR) is 77.0 cm³/mol. The van der Waals surface area contributed by atoms with Crippen LogP contribution in [0.2, 0.25) is 0 Å². The first-order chi connectivity index (χ1) is 10.9. The summed E-state index contributed by atoms with van der Waals surface area (Å²) in [5, 5.41) is 2.57. The summed E-state index contributed by atoms with van der Waals surface area (Å²) in [4.78, 5) is 24.1. The summed E-state index contributed by atoms with van der Waals surface area (Å²) in [5.41, 5.74) is 0.0325. The Morgan fingerprint density at radius 2 is 1.78 bits per heavy atom. The third-order valence-corrected chi connectivity index (χ3v) is 3.79. The van der Waals surface area contributed by atoms with E-state index in [4.69, 9.17) is 0 Å². The van der Waals surface area contributed by atoms with Gasteiger partial charge in [-0.1, -0.05) is 30.3 Å². The first-order valence-corrected chi connectivity index (χ1v) is 6.96. The van der Waals surface area contributed by atoms with E-state index in [1.807, 2.05) is 0 Å². The lowest BCUT2D eigenvalue weighted by atomic mass is 9.96. The number of nitrogens with one attached hydrogen (secondary N) is 1. The van der Waals surface area contributed by atoms with Crippen molar-refractivity contribution < 1.29 is 22.8 Å². The van der Waals surface area contributed by atoms with Crippen LogP contribution in [0.5, 0.6) is 0 Å². The van der Waals surface area contributed by atoms with Crippen molar-refractivity contribution in [2.75, 3.05) is 0 Å². The summed E-state index contributed by atoms with van der Waals surface area (Å²) in [6, 6.07) is 10.7. The van der Waals surface area contributed by atoms with Gasteiger partial charge >= 0.3 is 6.18 Å². The SMILES string of the molecule is O=C(C[C@@H]1NC(=O)c2ccc(C(F)(F)F)cc21)c1ccccc1. The Hall–Kier alpha value is -2.63. The fraction of sp³-hybridized carbons (Fsp3) is 0.176. The molecule has 2 aromatic rings. The average molecular weight is 319 g/mol. The second-order valence-electron chi connectivity index (χ2n) is 5.32. The van der Waals surface area contributed by atoms with E-state index in [1.165, 1.54) is 0 Å². The molecular formula is C17H12F3NO2. The number of Topliss-reactive ketones (excluding diaryl/α,β-unsaturated/α-hetero) is 1. The van der Waals surface area contributed by atoms with Crippen LogP contribution in [-0.2, 0) is 6.18 Å². The van der Waals surface area contributed by atoms with Crippen molar-refractivity contribution in [1.82, 2.24) is 5.32 Å². The molecule has 118 valence electrons. The fourth-order valence-corrected chi connectivity index (χ4v) is 2.64. The molecule has 0 radical (unpaired) electrons. The normalized spacial score (nSPS) is 16.8. The number of rotatable bonds is 3. The molecule has 1 aliphatic rings. The number of halogens is 3. The van der Waals surface area contributed by atoms with Crippen LogP contribution in [0.25, 0.3) is 0 Å². The van der Waals surface area contributed by atoms with Gasteiger partial charge in [-0.3, -0.25) is 9.59 Å². The summed E-state index contributed by atoms with van der Waals surface area (Å²) < 4.78 is 38.5. The molecule has 1 amide bonds. The number of amides is 1. The molecule has 1 aliphatic heterocycles. The molecule has 0 fully saturated rings. The fourth-order valence-electron chi connectivity index (χ4n) is 2.64. The monoisotopic (exact) mass is 319 g/mol. The number of hydrogen-bond acceptors (Lipinski definition) is 2. The lowest BCUT2D eigenvalue weighted by Gasteiger charge is -2.13. The van der Waals surface area contributed by atoms with E-state index in [1.54, 1.807) is 30.3 Å². The molecule has 2 aromatic carbocycles. The largest absolute Gasteiger partial charge is 0.416 e. The van der Waals surface area contributed by atoms with Crippen LogP contribution in [0, 0.1) is 0 Å². The highest BCUT2D eigenvalue weighted by atomic mass is 19.4. The van der Waals surface area contributed by atoms with Gasteiger partial charge in [-0.15, -0.1) is 0 Å². The van der Waals surface area contributed by atoms with Crippen LogP contribution >= 0.6 is 0 Å². The van der Waals surface area contributed by atoms with Crippen molar-refractivity contribution in [3.8, 4) is 0 Å². The minimum Gasteiger partial charge on any atom is -0.345 e. The zero-order valence-electron chi connectivity index (χ0n) is 11.9. The highest BCUT2D eigenvalue weighted by molar-refractivity contribution is 6.02. The van der Waals surface area contributed by atoms with E-state index < -0.39 is 23.7 Å². The molecule has 1 N–H and O–H groups in total. The minimum atomic E-state index is -4.49. The van der Waals surface area contributed by atoms with Crippen LogP contribution in [0.3, 0.4) is 0 Å². The Balaban J connectivity index is 1.90. The molecule has 23 heavy (non-hydrogen) atoms. The maximum absolute atomic E-state index is 12.8. The van der Waals surface area contributed by atoms with Gasteiger partial charge in [-0.25, -0.2) is 0 Å². The summed E-state index contributed by atoms with van der Waals surface area (Å²) in [5.74, 6) is -0.694. The molecular weight excluding hydrogens is 307 g/mol. The Bertz CT molecular complexity index is 769. The van der Waals surface area contributed by atoms with Crippen molar-refractivity contribution in [2.45, 2.75) is 18.6 Å². The van der Waals surface area contributed by atoms with E-state index in [0.29, 0.717) is 5.56 Å². The molecule has 0 aromatic heterocycles. The van der Waals surface area contributed by atoms with E-state index in [0.717, 1.165) is 18.2 Å². The van der Waals surface area contributed by atoms with Gasteiger partial charge < -0.3 is 5.32 Å². The van der Waals surface area contributed by atoms with Crippen LogP contribution in [0.4, 0.5) is 13.2 Å². The Labute approximate surface area is 130 Å². The molecule has 1 heterocycles. The van der Waals surface area contributed by atoms with Gasteiger partial charge in [0.2, 0.25) is 0 Å². The smallest absolute Gasteiger partial charge is 0.345 e. The molecule has 3 rings (SSSR count). The number of ketones is 1. The summed E-state index contributed by atoms with van der Waals surface area (Å²) >= 11 is 0. The van der Waals surface area contributed by atoms with Gasteiger partial charge in [-0.05, 0) is 23.8 Å². The number of benzene rings is 2. The maximum atomic E-state index is 12.8. The standard InChI is InChI=1S/C17H12F3NO2/c18-17(19,20)11-6-7-12-13(8-11)14(21-16(12)23)9-15(22)10-4-2-1-3-5-10/h1-8,14H,9H2,(H,21,23)/t14-/m0/s1. The number of carbonyl (C=O) groups is 2. The van der Waals surface area contributed by atoms with Gasteiger partial charge in [0.25, 0.3) is 5.91 Å². The second kappa shape index (κ2) is 5.53. The van der Waals surface area contributed by atoms with Crippen molar-refractivity contribution >= 4 is 11.7 Å². The molecule has 0 saturated heterocycles. The highest BCUT2D eigenvalue weighted by Crippen LogP contribution is 2.35. The highest BCUT2D eigenvalue weighted by Gasteiger charge is 2.36. The Morgan fingerprint density at radius 1 is 1.09 bits per heavy atom. The van der Waals surface area contributed by atoms with Gasteiger partial charge in [0.15, 0.2) is 5.78 Å². The Morgan fingerprint density at radius 3 is 2.43 bits per heavy atom. The molecule has 1 atom stereocenters. The van der Waals surface area contributed by atoms with Crippen LogP contribution in [0.1, 0.15) is 44.3 Å². The predicted octanol–water partition coefficient (Wildman–Crippen LogP) is 3.76. The zero-order chi connectivity index (χ0) is 16.6. The average Bonchev–Trinajstić information content (AvgIpc) is 2.83. The third-order valence-electron chi connectivity index (χ3n) is 3.79. The van der Waals surface area contributed by atoms with Crippen LogP contribution in [-0.4, -0.2) is 11.7 Å². The van der Waals surface area contributed by atoms with Gasteiger partial charge in [0, 0.05) is 17.5 Å². The first-order valence-electron chi connectivity index (χ1n) is 6.96. The van der Waals surface area contributed by atoms with Gasteiger partial charge in [-0.2, -0.15) is 13.2 Å². The topological polar surface area (TPSA) is 46.2 Å². The van der Waals surface area contributed by atoms with Crippen molar-refractivity contribution in [3.05, 3.63) is 70.8 Å². The van der Waals surface area contributed by atoms with Crippen LogP contribution in [0.15, 0.2) is 48.5 Å². The zero-order valence-corrected chi connectivity index (χ0v) is 11.9. The number of fused-ring (bicyclic) bond motifs is 1. The molecule has 0 bridgehead atoms. The van der Waals surface area contributed by atoms with Crippen molar-refractivity contribution in [2.24, 2.45) is 0 Å². The quantitative estimate of drug-likeness (QED) is 0.876. The molecule has 0 aliphatic carbocycles. The van der Waals surface area contributed by atoms with Crippen molar-refractivity contribution in [3.63, 3.8) is 0 Å². The van der Waals surface area contributed by atoms with Gasteiger partial charge in [0.05, 0.1) is 11.6 Å². The molecule has 0 unspecified atom stereocenters. The summed E-state index contributed by atoms with van der Waals surface area (Å²) in [7, 11) is 0. The van der Waals surface area contributed by atoms with Crippen molar-refractivity contribution in [1.29, 1.82) is 0 Å². The maximum Gasteiger partial charge on any atom is 0.416 e. The van der Waals surface area contributed by atoms with E-state index >= 15 is 0 Å². The lowest BCUT2D eigenvalue weighted by molar-refractivity contribution is -0.137. The van der Waals surface area contributed by atoms with E-state index in [2.05, 4.69) is 5.32 Å². The molecule has 6 heteroatoms. The summed E-state index contributed by atoms with van der Waals surface area (Å²) in [6.45, 7) is 0. The second-order valence-corrected chi connectivity index (χ2v) is 5.32. The van der Waals surface area contributed by atoms with Crippen LogP contribution < -0.4 is 5.32 Å². The Kier molecular flexibility index (Phi) is 3.67. The molecule has 0 spiro atoms. The molecule has 3 nitrogen and oxygen atoms in total. The number of carbonyl (C=O) groups excluding carboxylic acids is 2. The summed E-state index contributed by atoms with van der Waals surface area (Å²) in [6.07, 6.45) is -4.57. The molecule has 0 saturated carbocycles. The van der Waals surface area contributed by atoms with Gasteiger partial charge in [0.1, 0.15) is 0 Å².